The fraction of sp³-hybridized carbons (Fsp3) is 0.529. The van der Waals surface area contributed by atoms with Crippen molar-refractivity contribution in [1.82, 2.24) is 15.5 Å². The summed E-state index contributed by atoms with van der Waals surface area (Å²) in [4.78, 5) is 17.4. The summed E-state index contributed by atoms with van der Waals surface area (Å²) >= 11 is 0. The van der Waals surface area contributed by atoms with Gasteiger partial charge >= 0.3 is 0 Å². The molecule has 0 unspecified atom stereocenters. The van der Waals surface area contributed by atoms with Gasteiger partial charge in [-0.05, 0) is 24.6 Å². The molecular weight excluding hydrogens is 295 g/mol. The molecule has 0 spiro atoms. The summed E-state index contributed by atoms with van der Waals surface area (Å²) < 4.78 is 13.4. The highest BCUT2D eigenvalue weighted by Crippen LogP contribution is 2.22. The molecule has 0 aromatic heterocycles. The quantitative estimate of drug-likeness (QED) is 0.620. The van der Waals surface area contributed by atoms with Crippen LogP contribution in [0.15, 0.2) is 29.3 Å². The number of benzene rings is 1. The summed E-state index contributed by atoms with van der Waals surface area (Å²) in [5.74, 6) is 0.270. The van der Waals surface area contributed by atoms with Gasteiger partial charge in [0.25, 0.3) is 0 Å². The summed E-state index contributed by atoms with van der Waals surface area (Å²) in [6.45, 7) is 7.37. The lowest BCUT2D eigenvalue weighted by atomic mass is 9.84. The summed E-state index contributed by atoms with van der Waals surface area (Å²) in [6.07, 6.45) is 0. The topological polar surface area (TPSA) is 56.7 Å². The third-order valence-corrected chi connectivity index (χ3v) is 3.52. The molecule has 1 aromatic carbocycles. The molecule has 128 valence electrons. The fourth-order valence-electron chi connectivity index (χ4n) is 1.95. The Morgan fingerprint density at radius 1 is 1.30 bits per heavy atom. The lowest BCUT2D eigenvalue weighted by Gasteiger charge is -2.27. The van der Waals surface area contributed by atoms with E-state index in [4.69, 9.17) is 0 Å². The van der Waals surface area contributed by atoms with Crippen LogP contribution in [0.5, 0.6) is 0 Å². The number of carbonyl (C=O) groups is 1. The first-order valence-corrected chi connectivity index (χ1v) is 7.74. The van der Waals surface area contributed by atoms with Gasteiger partial charge in [0.1, 0.15) is 12.4 Å². The zero-order valence-electron chi connectivity index (χ0n) is 14.6. The van der Waals surface area contributed by atoms with Gasteiger partial charge < -0.3 is 15.5 Å². The Bertz CT molecular complexity index is 555. The van der Waals surface area contributed by atoms with Gasteiger partial charge in [-0.1, -0.05) is 26.0 Å². The molecule has 0 saturated carbocycles. The van der Waals surface area contributed by atoms with Crippen molar-refractivity contribution < 1.29 is 9.18 Å². The van der Waals surface area contributed by atoms with E-state index in [-0.39, 0.29) is 23.7 Å². The maximum absolute atomic E-state index is 13.4. The molecule has 0 saturated heterocycles. The van der Waals surface area contributed by atoms with Gasteiger partial charge in [0.2, 0.25) is 5.91 Å². The van der Waals surface area contributed by atoms with Crippen molar-refractivity contribution in [1.29, 1.82) is 0 Å². The highest BCUT2D eigenvalue weighted by atomic mass is 19.1. The molecule has 6 heteroatoms. The van der Waals surface area contributed by atoms with Crippen LogP contribution >= 0.6 is 0 Å². The predicted octanol–water partition coefficient (Wildman–Crippen LogP) is 1.75. The summed E-state index contributed by atoms with van der Waals surface area (Å²) in [5.41, 5.74) is 0.634. The molecular formula is C17H27FN4O. The summed E-state index contributed by atoms with van der Waals surface area (Å²) in [5, 5.41) is 6.33. The Labute approximate surface area is 138 Å². The Hall–Kier alpha value is -2.11. The molecule has 0 fully saturated rings. The minimum absolute atomic E-state index is 0.0633. The molecule has 23 heavy (non-hydrogen) atoms. The van der Waals surface area contributed by atoms with Gasteiger partial charge in [-0.15, -0.1) is 0 Å². The van der Waals surface area contributed by atoms with E-state index in [1.54, 1.807) is 26.2 Å². The molecule has 1 aromatic rings. The number of halogens is 1. The van der Waals surface area contributed by atoms with Crippen LogP contribution in [0.3, 0.4) is 0 Å². The number of aliphatic imine (C=N–C) groups is 1. The standard InChI is InChI=1S/C17H27FN4O/c1-6-19-16(20-11-15(23)22(4)5)21-12-17(2,3)13-8-7-9-14(18)10-13/h7-10H,6,11-12H2,1-5H3,(H2,19,20,21). The van der Waals surface area contributed by atoms with E-state index in [0.29, 0.717) is 19.0 Å². The van der Waals surface area contributed by atoms with E-state index in [1.807, 2.05) is 26.8 Å². The Balaban J connectivity index is 2.73. The number of amides is 1. The minimum atomic E-state index is -0.274. The number of likely N-dealkylation sites (N-methyl/N-ethyl adjacent to an activating group) is 1. The normalized spacial score (nSPS) is 12.0. The second kappa shape index (κ2) is 8.50. The van der Waals surface area contributed by atoms with Crippen LogP contribution in [0.4, 0.5) is 4.39 Å². The van der Waals surface area contributed by atoms with E-state index in [2.05, 4.69) is 15.6 Å². The third kappa shape index (κ3) is 6.26. The summed E-state index contributed by atoms with van der Waals surface area (Å²) in [7, 11) is 3.40. The van der Waals surface area contributed by atoms with Crippen molar-refractivity contribution in [3.8, 4) is 0 Å². The first kappa shape index (κ1) is 18.9. The molecule has 0 aliphatic rings. The van der Waals surface area contributed by atoms with Crippen LogP contribution in [0.1, 0.15) is 26.3 Å². The number of nitrogens with one attached hydrogen (secondary N) is 2. The zero-order chi connectivity index (χ0) is 17.5. The average molecular weight is 322 g/mol. The van der Waals surface area contributed by atoms with Crippen LogP contribution in [-0.4, -0.2) is 50.5 Å². The van der Waals surface area contributed by atoms with Gasteiger partial charge in [0.05, 0.1) is 0 Å². The first-order chi connectivity index (χ1) is 10.8. The first-order valence-electron chi connectivity index (χ1n) is 7.74. The third-order valence-electron chi connectivity index (χ3n) is 3.52. The Kier molecular flexibility index (Phi) is 7.00. The monoisotopic (exact) mass is 322 g/mol. The van der Waals surface area contributed by atoms with E-state index < -0.39 is 0 Å². The van der Waals surface area contributed by atoms with Crippen molar-refractivity contribution in [2.45, 2.75) is 26.2 Å². The molecule has 0 radical (unpaired) electrons. The van der Waals surface area contributed by atoms with Gasteiger partial charge in [-0.25, -0.2) is 9.38 Å². The van der Waals surface area contributed by atoms with Gasteiger partial charge in [-0.2, -0.15) is 0 Å². The number of nitrogens with zero attached hydrogens (tertiary/aromatic N) is 2. The van der Waals surface area contributed by atoms with Crippen molar-refractivity contribution in [2.75, 3.05) is 33.7 Å². The van der Waals surface area contributed by atoms with Gasteiger partial charge in [0.15, 0.2) is 5.96 Å². The number of rotatable bonds is 6. The van der Waals surface area contributed by atoms with E-state index in [9.17, 15) is 9.18 Å². The largest absolute Gasteiger partial charge is 0.357 e. The molecule has 0 aliphatic carbocycles. The minimum Gasteiger partial charge on any atom is -0.357 e. The van der Waals surface area contributed by atoms with E-state index >= 15 is 0 Å². The fourth-order valence-corrected chi connectivity index (χ4v) is 1.95. The SMILES string of the molecule is CCNC(=NCC(=O)N(C)C)NCC(C)(C)c1cccc(F)c1. The molecule has 0 bridgehead atoms. The van der Waals surface area contributed by atoms with Crippen LogP contribution < -0.4 is 10.6 Å². The zero-order valence-corrected chi connectivity index (χ0v) is 14.6. The van der Waals surface area contributed by atoms with Crippen LogP contribution in [-0.2, 0) is 10.2 Å². The van der Waals surface area contributed by atoms with Crippen LogP contribution in [0.2, 0.25) is 0 Å². The number of hydrogen-bond donors (Lipinski definition) is 2. The molecule has 0 atom stereocenters. The second-order valence-corrected chi connectivity index (χ2v) is 6.23. The smallest absolute Gasteiger partial charge is 0.243 e. The van der Waals surface area contributed by atoms with E-state index in [0.717, 1.165) is 5.56 Å². The van der Waals surface area contributed by atoms with Crippen molar-refractivity contribution >= 4 is 11.9 Å². The van der Waals surface area contributed by atoms with Crippen molar-refractivity contribution in [2.24, 2.45) is 4.99 Å². The molecule has 2 N–H and O–H groups in total. The summed E-state index contributed by atoms with van der Waals surface area (Å²) in [6, 6.07) is 6.60. The van der Waals surface area contributed by atoms with Gasteiger partial charge in [-0.3, -0.25) is 4.79 Å². The van der Waals surface area contributed by atoms with Crippen molar-refractivity contribution in [3.05, 3.63) is 35.6 Å². The number of guanidine groups is 1. The highest BCUT2D eigenvalue weighted by molar-refractivity contribution is 5.84. The highest BCUT2D eigenvalue weighted by Gasteiger charge is 2.21. The number of carbonyl (C=O) groups excluding carboxylic acids is 1. The number of hydrogen-bond acceptors (Lipinski definition) is 2. The maximum atomic E-state index is 13.4. The average Bonchev–Trinajstić information content (AvgIpc) is 2.49. The maximum Gasteiger partial charge on any atom is 0.243 e. The second-order valence-electron chi connectivity index (χ2n) is 6.23. The van der Waals surface area contributed by atoms with E-state index in [1.165, 1.54) is 11.0 Å². The molecule has 0 heterocycles. The molecule has 5 nitrogen and oxygen atoms in total. The van der Waals surface area contributed by atoms with Gasteiger partial charge in [0, 0.05) is 32.6 Å². The molecule has 0 aliphatic heterocycles. The van der Waals surface area contributed by atoms with Crippen LogP contribution in [0, 0.1) is 5.82 Å². The molecule has 1 amide bonds. The lowest BCUT2D eigenvalue weighted by molar-refractivity contribution is -0.127. The Morgan fingerprint density at radius 2 is 2.00 bits per heavy atom. The predicted molar refractivity (Wildman–Crippen MR) is 92.1 cm³/mol. The van der Waals surface area contributed by atoms with Crippen LogP contribution in [0.25, 0.3) is 0 Å². The lowest BCUT2D eigenvalue weighted by Crippen LogP contribution is -2.44. The molecule has 1 rings (SSSR count). The van der Waals surface area contributed by atoms with Crippen molar-refractivity contribution in [3.63, 3.8) is 0 Å². The Morgan fingerprint density at radius 3 is 2.57 bits per heavy atom.